The van der Waals surface area contributed by atoms with Crippen molar-refractivity contribution in [1.29, 1.82) is 0 Å². The molecule has 0 radical (unpaired) electrons. The van der Waals surface area contributed by atoms with Gasteiger partial charge in [0.2, 0.25) is 0 Å². The highest BCUT2D eigenvalue weighted by atomic mass is 16.7. The zero-order valence-corrected chi connectivity index (χ0v) is 16.8. The molecule has 0 amide bonds. The normalized spacial score (nSPS) is 28.0. The Hall–Kier alpha value is -2.72. The van der Waals surface area contributed by atoms with Crippen molar-refractivity contribution in [1.82, 2.24) is 19.9 Å². The molecule has 1 aromatic carbocycles. The third kappa shape index (κ3) is 3.20. The highest BCUT2D eigenvalue weighted by Gasteiger charge is 2.51. The minimum atomic E-state index is -0.745. The van der Waals surface area contributed by atoms with Crippen LogP contribution in [0.4, 0.5) is 0 Å². The Morgan fingerprint density at radius 2 is 2.03 bits per heavy atom. The first kappa shape index (κ1) is 19.3. The first-order valence-electron chi connectivity index (χ1n) is 9.86. The number of ether oxygens (including phenoxy) is 4. The highest BCUT2D eigenvalue weighted by molar-refractivity contribution is 5.80. The van der Waals surface area contributed by atoms with Crippen molar-refractivity contribution < 1.29 is 24.1 Å². The second-order valence-corrected chi connectivity index (χ2v) is 7.43. The average molecular weight is 412 g/mol. The molecule has 5 rings (SSSR count). The van der Waals surface area contributed by atoms with Gasteiger partial charge < -0.3 is 33.9 Å². The van der Waals surface area contributed by atoms with Crippen molar-refractivity contribution in [3.05, 3.63) is 48.5 Å². The van der Waals surface area contributed by atoms with E-state index < -0.39 is 18.4 Å². The quantitative estimate of drug-likeness (QED) is 0.624. The summed E-state index contributed by atoms with van der Waals surface area (Å²) in [5.74, 6) is 1.19. The third-order valence-electron chi connectivity index (χ3n) is 5.78. The molecule has 2 fully saturated rings. The van der Waals surface area contributed by atoms with E-state index in [1.807, 2.05) is 34.9 Å². The topological polar surface area (TPSA) is 99.9 Å². The van der Waals surface area contributed by atoms with Crippen molar-refractivity contribution >= 4 is 11.0 Å². The third-order valence-corrected chi connectivity index (χ3v) is 5.78. The Kier molecular flexibility index (Phi) is 5.03. The largest absolute Gasteiger partial charge is 0.493 e. The van der Waals surface area contributed by atoms with Crippen LogP contribution in [0.15, 0.2) is 42.9 Å². The number of aromatic nitrogens is 3. The van der Waals surface area contributed by atoms with Crippen molar-refractivity contribution in [3.63, 3.8) is 0 Å². The number of nitrogens with zero attached hydrogens (tertiary/aromatic N) is 3. The Morgan fingerprint density at radius 3 is 2.80 bits per heavy atom. The van der Waals surface area contributed by atoms with E-state index in [0.29, 0.717) is 24.7 Å². The lowest BCUT2D eigenvalue weighted by molar-refractivity contribution is -0.164. The van der Waals surface area contributed by atoms with Gasteiger partial charge in [-0.2, -0.15) is 0 Å². The minimum absolute atomic E-state index is 0.227. The molecule has 2 saturated heterocycles. The second-order valence-electron chi connectivity index (χ2n) is 7.43. The van der Waals surface area contributed by atoms with E-state index >= 15 is 0 Å². The van der Waals surface area contributed by atoms with Gasteiger partial charge in [-0.3, -0.25) is 4.98 Å². The van der Waals surface area contributed by atoms with E-state index in [9.17, 15) is 5.11 Å². The molecule has 2 aromatic heterocycles. The maximum Gasteiger partial charge on any atom is 0.181 e. The molecule has 30 heavy (non-hydrogen) atoms. The molecule has 0 saturated carbocycles. The number of aliphatic hydroxyl groups is 1. The van der Waals surface area contributed by atoms with Crippen LogP contribution in [-0.4, -0.2) is 65.0 Å². The van der Waals surface area contributed by atoms with Gasteiger partial charge in [0.1, 0.15) is 12.1 Å². The Bertz CT molecular complexity index is 1030. The summed E-state index contributed by atoms with van der Waals surface area (Å²) in [7, 11) is 3.18. The van der Waals surface area contributed by atoms with Gasteiger partial charge in [-0.15, -0.1) is 0 Å². The number of hydrogen-bond acceptors (Lipinski definition) is 8. The number of nitrogens with one attached hydrogen (secondary N) is 1. The smallest absolute Gasteiger partial charge is 0.181 e. The zero-order chi connectivity index (χ0) is 20.7. The predicted molar refractivity (Wildman–Crippen MR) is 107 cm³/mol. The van der Waals surface area contributed by atoms with Gasteiger partial charge in [-0.1, -0.05) is 6.07 Å². The molecular formula is C21H24N4O5. The molecule has 2 aliphatic rings. The van der Waals surface area contributed by atoms with Gasteiger partial charge in [0, 0.05) is 24.9 Å². The van der Waals surface area contributed by atoms with Crippen LogP contribution < -0.4 is 14.8 Å². The minimum Gasteiger partial charge on any atom is -0.493 e. The molecular weight excluding hydrogens is 388 g/mol. The van der Waals surface area contributed by atoms with Gasteiger partial charge >= 0.3 is 0 Å². The van der Waals surface area contributed by atoms with E-state index in [4.69, 9.17) is 18.9 Å². The molecule has 2 N–H and O–H groups in total. The molecule has 0 aliphatic carbocycles. The van der Waals surface area contributed by atoms with Crippen LogP contribution in [0.5, 0.6) is 11.5 Å². The van der Waals surface area contributed by atoms with E-state index in [2.05, 4.69) is 15.3 Å². The maximum absolute atomic E-state index is 11.3. The number of rotatable bonds is 6. The number of benzene rings is 1. The molecule has 5 atom stereocenters. The molecule has 2 aliphatic heterocycles. The van der Waals surface area contributed by atoms with Crippen LogP contribution in [0.1, 0.15) is 11.7 Å². The average Bonchev–Trinajstić information content (AvgIpc) is 3.39. The van der Waals surface area contributed by atoms with Gasteiger partial charge in [0.25, 0.3) is 0 Å². The standard InChI is InChI=1S/C21H24N4O5/c1-27-15-7-13-14(8-16(15)28-2)25(11-24-13)19-20(26)18(17-10-29-21(19)30-17)23-9-12-5-3-4-6-22-12/h3-8,11,17-21,23,26H,9-10H2,1-2H3/t17-,18-,19-,20+,21-/m1/s1. The summed E-state index contributed by atoms with van der Waals surface area (Å²) < 4.78 is 24.7. The summed E-state index contributed by atoms with van der Waals surface area (Å²) in [6.45, 7) is 0.942. The van der Waals surface area contributed by atoms with Crippen LogP contribution in [0.3, 0.4) is 0 Å². The molecule has 3 aromatic rings. The molecule has 158 valence electrons. The summed E-state index contributed by atoms with van der Waals surface area (Å²) in [4.78, 5) is 8.83. The Morgan fingerprint density at radius 1 is 1.20 bits per heavy atom. The van der Waals surface area contributed by atoms with Crippen LogP contribution in [0.25, 0.3) is 11.0 Å². The van der Waals surface area contributed by atoms with Crippen LogP contribution in [-0.2, 0) is 16.0 Å². The summed E-state index contributed by atoms with van der Waals surface area (Å²) in [6.07, 6.45) is 1.92. The van der Waals surface area contributed by atoms with E-state index in [1.54, 1.807) is 26.7 Å². The van der Waals surface area contributed by atoms with Gasteiger partial charge in [-0.05, 0) is 12.1 Å². The number of methoxy groups -OCH3 is 2. The first-order chi connectivity index (χ1) is 14.7. The van der Waals surface area contributed by atoms with Crippen LogP contribution >= 0.6 is 0 Å². The molecule has 9 nitrogen and oxygen atoms in total. The van der Waals surface area contributed by atoms with Crippen molar-refractivity contribution in [2.75, 3.05) is 20.8 Å². The van der Waals surface area contributed by atoms with Crippen molar-refractivity contribution in [2.24, 2.45) is 0 Å². The summed E-state index contributed by atoms with van der Waals surface area (Å²) >= 11 is 0. The SMILES string of the molecule is COc1cc2ncn([C@H]3[C@@H]4OC[C@@H](O4)[C@@H](NCc4ccccn4)[C@@H]3O)c2cc1OC. The van der Waals surface area contributed by atoms with Crippen molar-refractivity contribution in [2.45, 2.75) is 37.1 Å². The number of imidazole rings is 1. The lowest BCUT2D eigenvalue weighted by Gasteiger charge is -2.39. The van der Waals surface area contributed by atoms with E-state index in [0.717, 1.165) is 16.7 Å². The van der Waals surface area contributed by atoms with Crippen molar-refractivity contribution in [3.8, 4) is 11.5 Å². The fraction of sp³-hybridized carbons (Fsp3) is 0.429. The predicted octanol–water partition coefficient (Wildman–Crippen LogP) is 1.26. The van der Waals surface area contributed by atoms with Gasteiger partial charge in [0.15, 0.2) is 17.8 Å². The van der Waals surface area contributed by atoms with Crippen LogP contribution in [0, 0.1) is 0 Å². The molecule has 0 unspecified atom stereocenters. The molecule has 9 heteroatoms. The lowest BCUT2D eigenvalue weighted by Crippen LogP contribution is -2.57. The second kappa shape index (κ2) is 7.84. The fourth-order valence-electron chi connectivity index (χ4n) is 4.27. The number of aliphatic hydroxyl groups excluding tert-OH is 1. The summed E-state index contributed by atoms with van der Waals surface area (Å²) in [6, 6.07) is 8.65. The summed E-state index contributed by atoms with van der Waals surface area (Å²) in [5.41, 5.74) is 2.43. The first-order valence-corrected chi connectivity index (χ1v) is 9.86. The summed E-state index contributed by atoms with van der Waals surface area (Å²) in [5, 5.41) is 14.7. The highest BCUT2D eigenvalue weighted by Crippen LogP contribution is 2.39. The number of pyridine rings is 1. The van der Waals surface area contributed by atoms with Gasteiger partial charge in [-0.25, -0.2) is 4.98 Å². The fourth-order valence-corrected chi connectivity index (χ4v) is 4.27. The number of fused-ring (bicyclic) bond motifs is 3. The van der Waals surface area contributed by atoms with Crippen LogP contribution in [0.2, 0.25) is 0 Å². The Labute approximate surface area is 173 Å². The van der Waals surface area contributed by atoms with Gasteiger partial charge in [0.05, 0.1) is 56.0 Å². The molecule has 4 heterocycles. The van der Waals surface area contributed by atoms with E-state index in [1.165, 1.54) is 0 Å². The Balaban J connectivity index is 1.46. The molecule has 2 bridgehead atoms. The van der Waals surface area contributed by atoms with E-state index in [-0.39, 0.29) is 12.1 Å². The number of hydrogen-bond donors (Lipinski definition) is 2. The molecule has 0 spiro atoms. The zero-order valence-electron chi connectivity index (χ0n) is 16.8. The lowest BCUT2D eigenvalue weighted by atomic mass is 9.95. The maximum atomic E-state index is 11.3. The monoisotopic (exact) mass is 412 g/mol.